The van der Waals surface area contributed by atoms with Crippen molar-refractivity contribution >= 4 is 27.5 Å². The van der Waals surface area contributed by atoms with E-state index in [4.69, 9.17) is 11.6 Å². The topological polar surface area (TPSA) is 12.9 Å². The van der Waals surface area contributed by atoms with Gasteiger partial charge in [0.2, 0.25) is 0 Å². The molecule has 4 heteroatoms. The molecule has 16 heavy (non-hydrogen) atoms. The molecule has 0 saturated carbocycles. The van der Waals surface area contributed by atoms with Gasteiger partial charge < -0.3 is 0 Å². The highest BCUT2D eigenvalue weighted by Gasteiger charge is 2.03. The van der Waals surface area contributed by atoms with Gasteiger partial charge >= 0.3 is 0 Å². The van der Waals surface area contributed by atoms with Crippen molar-refractivity contribution in [1.29, 1.82) is 0 Å². The van der Waals surface area contributed by atoms with Crippen LogP contribution in [0.15, 0.2) is 36.4 Å². The SMILES string of the molecule is Fc1ccc(-c2cc(CBr)cc(Cl)n2)cc1. The molecule has 0 N–H and O–H groups in total. The van der Waals surface area contributed by atoms with Gasteiger partial charge in [0, 0.05) is 10.9 Å². The number of hydrogen-bond acceptors (Lipinski definition) is 1. The Morgan fingerprint density at radius 2 is 1.88 bits per heavy atom. The van der Waals surface area contributed by atoms with Crippen LogP contribution < -0.4 is 0 Å². The van der Waals surface area contributed by atoms with Crippen molar-refractivity contribution in [3.05, 3.63) is 52.9 Å². The third-order valence-corrected chi connectivity index (χ3v) is 2.99. The summed E-state index contributed by atoms with van der Waals surface area (Å²) in [5.74, 6) is -0.258. The second-order valence-electron chi connectivity index (χ2n) is 3.32. The van der Waals surface area contributed by atoms with E-state index in [1.165, 1.54) is 12.1 Å². The van der Waals surface area contributed by atoms with Crippen LogP contribution in [-0.4, -0.2) is 4.98 Å². The Morgan fingerprint density at radius 1 is 1.19 bits per heavy atom. The Morgan fingerprint density at radius 3 is 2.50 bits per heavy atom. The third-order valence-electron chi connectivity index (χ3n) is 2.15. The van der Waals surface area contributed by atoms with Crippen LogP contribution in [0.3, 0.4) is 0 Å². The lowest BCUT2D eigenvalue weighted by Gasteiger charge is -2.04. The highest BCUT2D eigenvalue weighted by atomic mass is 79.9. The van der Waals surface area contributed by atoms with Gasteiger partial charge in [-0.05, 0) is 42.0 Å². The maximum absolute atomic E-state index is 12.8. The summed E-state index contributed by atoms with van der Waals surface area (Å²) in [5, 5.41) is 1.15. The number of aromatic nitrogens is 1. The Balaban J connectivity index is 2.47. The first-order valence-electron chi connectivity index (χ1n) is 4.67. The lowest BCUT2D eigenvalue weighted by molar-refractivity contribution is 0.628. The number of pyridine rings is 1. The zero-order valence-corrected chi connectivity index (χ0v) is 10.6. The van der Waals surface area contributed by atoms with Crippen molar-refractivity contribution in [3.8, 4) is 11.3 Å². The molecule has 2 rings (SSSR count). The summed E-state index contributed by atoms with van der Waals surface area (Å²) in [6.07, 6.45) is 0. The summed E-state index contributed by atoms with van der Waals surface area (Å²) >= 11 is 9.27. The molecule has 82 valence electrons. The fourth-order valence-electron chi connectivity index (χ4n) is 1.40. The molecule has 2 aromatic rings. The van der Waals surface area contributed by atoms with Crippen LogP contribution in [0.5, 0.6) is 0 Å². The Bertz CT molecular complexity index is 499. The second kappa shape index (κ2) is 4.93. The summed E-state index contributed by atoms with van der Waals surface area (Å²) < 4.78 is 12.8. The van der Waals surface area contributed by atoms with Crippen LogP contribution in [-0.2, 0) is 5.33 Å². The Hall–Kier alpha value is -0.930. The summed E-state index contributed by atoms with van der Waals surface area (Å²) in [7, 11) is 0. The summed E-state index contributed by atoms with van der Waals surface area (Å²) in [4.78, 5) is 4.20. The number of halogens is 3. The number of benzene rings is 1. The number of hydrogen-bond donors (Lipinski definition) is 0. The molecule has 1 aromatic heterocycles. The van der Waals surface area contributed by atoms with Crippen molar-refractivity contribution in [2.24, 2.45) is 0 Å². The molecule has 0 bridgehead atoms. The Kier molecular flexibility index (Phi) is 3.56. The fraction of sp³-hybridized carbons (Fsp3) is 0.0833. The molecule has 0 amide bonds. The van der Waals surface area contributed by atoms with Gasteiger partial charge in [0.1, 0.15) is 11.0 Å². The minimum Gasteiger partial charge on any atom is -0.236 e. The molecule has 0 aliphatic carbocycles. The van der Waals surface area contributed by atoms with Gasteiger partial charge in [0.25, 0.3) is 0 Å². The zero-order valence-electron chi connectivity index (χ0n) is 8.25. The van der Waals surface area contributed by atoms with Gasteiger partial charge in [0.15, 0.2) is 0 Å². The normalized spacial score (nSPS) is 10.4. The third kappa shape index (κ3) is 2.60. The van der Waals surface area contributed by atoms with Crippen LogP contribution in [0.25, 0.3) is 11.3 Å². The van der Waals surface area contributed by atoms with E-state index < -0.39 is 0 Å². The number of nitrogens with zero attached hydrogens (tertiary/aromatic N) is 1. The van der Waals surface area contributed by atoms with Gasteiger partial charge in [-0.15, -0.1) is 0 Å². The summed E-state index contributed by atoms with van der Waals surface area (Å²) in [5.41, 5.74) is 2.65. The maximum Gasteiger partial charge on any atom is 0.130 e. The van der Waals surface area contributed by atoms with E-state index in [2.05, 4.69) is 20.9 Å². The lowest BCUT2D eigenvalue weighted by atomic mass is 10.1. The molecular weight excluding hydrogens is 292 g/mol. The molecule has 0 aliphatic rings. The summed E-state index contributed by atoms with van der Waals surface area (Å²) in [6.45, 7) is 0. The molecule has 0 spiro atoms. The van der Waals surface area contributed by atoms with E-state index in [0.717, 1.165) is 16.8 Å². The van der Waals surface area contributed by atoms with Gasteiger partial charge in [-0.1, -0.05) is 27.5 Å². The molecule has 0 radical (unpaired) electrons. The smallest absolute Gasteiger partial charge is 0.130 e. The predicted molar refractivity (Wildman–Crippen MR) is 67.3 cm³/mol. The fourth-order valence-corrected chi connectivity index (χ4v) is 1.95. The molecule has 1 aromatic carbocycles. The first kappa shape index (κ1) is 11.6. The van der Waals surface area contributed by atoms with E-state index in [1.54, 1.807) is 18.2 Å². The van der Waals surface area contributed by atoms with Crippen molar-refractivity contribution < 1.29 is 4.39 Å². The predicted octanol–water partition coefficient (Wildman–Crippen LogP) is 4.44. The quantitative estimate of drug-likeness (QED) is 0.590. The van der Waals surface area contributed by atoms with Gasteiger partial charge in [-0.25, -0.2) is 9.37 Å². The number of rotatable bonds is 2. The van der Waals surface area contributed by atoms with E-state index in [9.17, 15) is 4.39 Å². The maximum atomic E-state index is 12.8. The van der Waals surface area contributed by atoms with E-state index in [-0.39, 0.29) is 5.82 Å². The zero-order chi connectivity index (χ0) is 11.5. The minimum atomic E-state index is -0.258. The van der Waals surface area contributed by atoms with Crippen molar-refractivity contribution in [2.75, 3.05) is 0 Å². The van der Waals surface area contributed by atoms with Crippen LogP contribution >= 0.6 is 27.5 Å². The van der Waals surface area contributed by atoms with Crippen LogP contribution in [0.1, 0.15) is 5.56 Å². The molecule has 1 nitrogen and oxygen atoms in total. The molecule has 0 aliphatic heterocycles. The van der Waals surface area contributed by atoms with Crippen molar-refractivity contribution in [3.63, 3.8) is 0 Å². The molecule has 0 atom stereocenters. The van der Waals surface area contributed by atoms with Gasteiger partial charge in [0.05, 0.1) is 5.69 Å². The number of alkyl halides is 1. The molecular formula is C12H8BrClFN. The van der Waals surface area contributed by atoms with Crippen molar-refractivity contribution in [1.82, 2.24) is 4.98 Å². The molecule has 0 saturated heterocycles. The molecule has 0 unspecified atom stereocenters. The second-order valence-corrected chi connectivity index (χ2v) is 4.27. The minimum absolute atomic E-state index is 0.258. The van der Waals surface area contributed by atoms with Gasteiger partial charge in [-0.3, -0.25) is 0 Å². The first-order valence-corrected chi connectivity index (χ1v) is 6.17. The Labute approximate surface area is 106 Å². The molecule has 1 heterocycles. The monoisotopic (exact) mass is 299 g/mol. The first-order chi connectivity index (χ1) is 7.69. The van der Waals surface area contributed by atoms with Crippen molar-refractivity contribution in [2.45, 2.75) is 5.33 Å². The molecule has 0 fully saturated rings. The van der Waals surface area contributed by atoms with Gasteiger partial charge in [-0.2, -0.15) is 0 Å². The van der Waals surface area contributed by atoms with Crippen LogP contribution in [0, 0.1) is 5.82 Å². The van der Waals surface area contributed by atoms with E-state index in [1.807, 2.05) is 6.07 Å². The standard InChI is InChI=1S/C12H8BrClFN/c13-7-8-5-11(16-12(14)6-8)9-1-3-10(15)4-2-9/h1-6H,7H2. The average Bonchev–Trinajstić information content (AvgIpc) is 2.29. The highest BCUT2D eigenvalue weighted by molar-refractivity contribution is 9.08. The summed E-state index contributed by atoms with van der Waals surface area (Å²) in [6, 6.07) is 9.91. The van der Waals surface area contributed by atoms with Crippen LogP contribution in [0.2, 0.25) is 5.15 Å². The van der Waals surface area contributed by atoms with E-state index in [0.29, 0.717) is 10.5 Å². The van der Waals surface area contributed by atoms with Crippen LogP contribution in [0.4, 0.5) is 4.39 Å². The lowest BCUT2D eigenvalue weighted by Crippen LogP contribution is -1.88. The average molecular weight is 301 g/mol. The largest absolute Gasteiger partial charge is 0.236 e. The highest BCUT2D eigenvalue weighted by Crippen LogP contribution is 2.22. The van der Waals surface area contributed by atoms with E-state index >= 15 is 0 Å².